The van der Waals surface area contributed by atoms with Crippen molar-refractivity contribution in [1.29, 1.82) is 0 Å². The van der Waals surface area contributed by atoms with Gasteiger partial charge in [0.25, 0.3) is 0 Å². The topological polar surface area (TPSA) is 74.2 Å². The first-order chi connectivity index (χ1) is 11.1. The third-order valence-electron chi connectivity index (χ3n) is 5.49. The zero-order valence-electron chi connectivity index (χ0n) is 14.2. The quantitative estimate of drug-likeness (QED) is 0.912. The highest BCUT2D eigenvalue weighted by Crippen LogP contribution is 2.54. The number of halogens is 1. The van der Waals surface area contributed by atoms with Gasteiger partial charge in [-0.1, -0.05) is 30.1 Å². The molecule has 1 aromatic heterocycles. The van der Waals surface area contributed by atoms with E-state index in [1.54, 1.807) is 7.11 Å². The maximum Gasteiger partial charge on any atom is 0.237 e. The monoisotopic (exact) mass is 349 g/mol. The Kier molecular flexibility index (Phi) is 4.34. The molecule has 2 aliphatic rings. The van der Waals surface area contributed by atoms with Gasteiger partial charge in [-0.15, -0.1) is 12.4 Å². The summed E-state index contributed by atoms with van der Waals surface area (Å²) in [6.07, 6.45) is 6.22. The van der Waals surface area contributed by atoms with Crippen LogP contribution in [-0.4, -0.2) is 17.3 Å². The van der Waals surface area contributed by atoms with Crippen LogP contribution in [0, 0.1) is 6.92 Å². The van der Waals surface area contributed by atoms with Gasteiger partial charge < -0.3 is 15.0 Å². The van der Waals surface area contributed by atoms with E-state index in [0.717, 1.165) is 49.8 Å². The molecule has 5 nitrogen and oxygen atoms in total. The van der Waals surface area contributed by atoms with Crippen molar-refractivity contribution in [2.24, 2.45) is 5.73 Å². The van der Waals surface area contributed by atoms with E-state index in [-0.39, 0.29) is 17.8 Å². The second kappa shape index (κ2) is 6.05. The van der Waals surface area contributed by atoms with Crippen molar-refractivity contribution in [3.05, 3.63) is 41.0 Å². The number of nitrogens with two attached hydrogens (primary N) is 1. The summed E-state index contributed by atoms with van der Waals surface area (Å²) in [6.45, 7) is 2.05. The van der Waals surface area contributed by atoms with Gasteiger partial charge in [0.1, 0.15) is 5.75 Å². The summed E-state index contributed by atoms with van der Waals surface area (Å²) in [6, 6.07) is 6.33. The number of methoxy groups -OCH3 is 1. The first-order valence-corrected chi connectivity index (χ1v) is 8.36. The Hall–Kier alpha value is -1.59. The van der Waals surface area contributed by atoms with Crippen LogP contribution in [0.4, 0.5) is 0 Å². The number of hydrogen-bond donors (Lipinski definition) is 1. The summed E-state index contributed by atoms with van der Waals surface area (Å²) >= 11 is 0. The van der Waals surface area contributed by atoms with E-state index in [1.165, 1.54) is 5.56 Å². The maximum atomic E-state index is 6.46. The molecule has 0 aliphatic heterocycles. The summed E-state index contributed by atoms with van der Waals surface area (Å²) in [5, 5.41) is 4.22. The molecule has 0 unspecified atom stereocenters. The van der Waals surface area contributed by atoms with Gasteiger partial charge in [0.2, 0.25) is 5.89 Å². The first-order valence-electron chi connectivity index (χ1n) is 8.36. The van der Waals surface area contributed by atoms with Gasteiger partial charge in [-0.2, -0.15) is 4.98 Å². The normalized spacial score (nSPS) is 20.5. The third-order valence-corrected chi connectivity index (χ3v) is 5.49. The minimum atomic E-state index is -0.400. The van der Waals surface area contributed by atoms with Crippen LogP contribution in [0.3, 0.4) is 0 Å². The summed E-state index contributed by atoms with van der Waals surface area (Å²) < 4.78 is 11.1. The zero-order chi connectivity index (χ0) is 16.1. The van der Waals surface area contributed by atoms with E-state index < -0.39 is 5.54 Å². The number of hydrogen-bond acceptors (Lipinski definition) is 5. The average molecular weight is 350 g/mol. The summed E-state index contributed by atoms with van der Waals surface area (Å²) in [7, 11) is 1.70. The van der Waals surface area contributed by atoms with Gasteiger partial charge in [0, 0.05) is 0 Å². The Labute approximate surface area is 148 Å². The first kappa shape index (κ1) is 17.2. The standard InChI is InChI=1S/C18H23N3O2.ClH/c1-12-5-6-13(11-14(12)22-2)17(9-10-17)16-20-15(21-23-16)18(19)7-3-4-8-18;/h5-6,11H,3-4,7-10,19H2,1-2H3;1H. The molecular weight excluding hydrogens is 326 g/mol. The van der Waals surface area contributed by atoms with Crippen LogP contribution >= 0.6 is 12.4 Å². The fourth-order valence-electron chi connectivity index (χ4n) is 3.72. The molecular formula is C18H24ClN3O2. The number of rotatable bonds is 4. The van der Waals surface area contributed by atoms with Crippen molar-refractivity contribution in [2.75, 3.05) is 7.11 Å². The van der Waals surface area contributed by atoms with Gasteiger partial charge in [-0.25, -0.2) is 0 Å². The van der Waals surface area contributed by atoms with Crippen molar-refractivity contribution in [3.8, 4) is 5.75 Å². The molecule has 6 heteroatoms. The molecule has 2 N–H and O–H groups in total. The SMILES string of the molecule is COc1cc(C2(c3nc(C4(N)CCCC4)no3)CC2)ccc1C.Cl. The molecule has 24 heavy (non-hydrogen) atoms. The number of aromatic nitrogens is 2. The molecule has 0 amide bonds. The van der Waals surface area contributed by atoms with Gasteiger partial charge in [0.15, 0.2) is 5.82 Å². The molecule has 0 bridgehead atoms. The molecule has 0 saturated heterocycles. The predicted octanol–water partition coefficient (Wildman–Crippen LogP) is 3.62. The van der Waals surface area contributed by atoms with Gasteiger partial charge >= 0.3 is 0 Å². The highest BCUT2D eigenvalue weighted by atomic mass is 35.5. The molecule has 0 spiro atoms. The molecule has 4 rings (SSSR count). The number of nitrogens with zero attached hydrogens (tertiary/aromatic N) is 2. The van der Waals surface area contributed by atoms with Crippen molar-refractivity contribution >= 4 is 12.4 Å². The van der Waals surface area contributed by atoms with Crippen LogP contribution < -0.4 is 10.5 Å². The Morgan fingerprint density at radius 1 is 1.17 bits per heavy atom. The summed E-state index contributed by atoms with van der Waals surface area (Å²) in [5.74, 6) is 2.28. The largest absolute Gasteiger partial charge is 0.496 e. The second-order valence-electron chi connectivity index (χ2n) is 7.05. The van der Waals surface area contributed by atoms with E-state index in [2.05, 4.69) is 23.4 Å². The fraction of sp³-hybridized carbons (Fsp3) is 0.556. The smallest absolute Gasteiger partial charge is 0.237 e. The van der Waals surface area contributed by atoms with E-state index >= 15 is 0 Å². The molecule has 130 valence electrons. The van der Waals surface area contributed by atoms with Gasteiger partial charge in [-0.3, -0.25) is 0 Å². The lowest BCUT2D eigenvalue weighted by Gasteiger charge is -2.18. The fourth-order valence-corrected chi connectivity index (χ4v) is 3.72. The third kappa shape index (κ3) is 2.60. The van der Waals surface area contributed by atoms with Crippen LogP contribution in [0.25, 0.3) is 0 Å². The molecule has 0 atom stereocenters. The Balaban J connectivity index is 0.00000169. The Morgan fingerprint density at radius 3 is 2.50 bits per heavy atom. The minimum Gasteiger partial charge on any atom is -0.496 e. The summed E-state index contributed by atoms with van der Waals surface area (Å²) in [4.78, 5) is 4.71. The maximum absolute atomic E-state index is 6.46. The lowest BCUT2D eigenvalue weighted by molar-refractivity contribution is 0.337. The summed E-state index contributed by atoms with van der Waals surface area (Å²) in [5.41, 5.74) is 8.22. The predicted molar refractivity (Wildman–Crippen MR) is 93.6 cm³/mol. The van der Waals surface area contributed by atoms with Gasteiger partial charge in [-0.05, 0) is 49.8 Å². The number of benzene rings is 1. The van der Waals surface area contributed by atoms with Crippen molar-refractivity contribution in [1.82, 2.24) is 10.1 Å². The lowest BCUT2D eigenvalue weighted by atomic mass is 9.94. The van der Waals surface area contributed by atoms with Crippen LogP contribution in [0.1, 0.15) is 61.4 Å². The van der Waals surface area contributed by atoms with Crippen molar-refractivity contribution in [3.63, 3.8) is 0 Å². The van der Waals surface area contributed by atoms with Crippen LogP contribution in [0.5, 0.6) is 5.75 Å². The number of aryl methyl sites for hydroxylation is 1. The molecule has 2 saturated carbocycles. The molecule has 0 radical (unpaired) electrons. The zero-order valence-corrected chi connectivity index (χ0v) is 15.0. The second-order valence-corrected chi connectivity index (χ2v) is 7.05. The van der Waals surface area contributed by atoms with Crippen LogP contribution in [0.2, 0.25) is 0 Å². The Bertz CT molecular complexity index is 734. The van der Waals surface area contributed by atoms with Crippen LogP contribution in [-0.2, 0) is 11.0 Å². The van der Waals surface area contributed by atoms with Gasteiger partial charge in [0.05, 0.1) is 18.1 Å². The van der Waals surface area contributed by atoms with E-state index in [4.69, 9.17) is 20.0 Å². The average Bonchev–Trinajstić information content (AvgIpc) is 2.98. The van der Waals surface area contributed by atoms with Crippen molar-refractivity contribution in [2.45, 2.75) is 56.4 Å². The molecule has 1 heterocycles. The lowest BCUT2D eigenvalue weighted by Crippen LogP contribution is -2.34. The van der Waals surface area contributed by atoms with E-state index in [9.17, 15) is 0 Å². The highest BCUT2D eigenvalue weighted by Gasteiger charge is 2.52. The van der Waals surface area contributed by atoms with E-state index in [0.29, 0.717) is 11.7 Å². The van der Waals surface area contributed by atoms with Crippen molar-refractivity contribution < 1.29 is 9.26 Å². The molecule has 2 aromatic rings. The highest BCUT2D eigenvalue weighted by molar-refractivity contribution is 5.85. The molecule has 2 fully saturated rings. The molecule has 1 aromatic carbocycles. The number of ether oxygens (including phenoxy) is 1. The Morgan fingerprint density at radius 2 is 1.88 bits per heavy atom. The van der Waals surface area contributed by atoms with E-state index in [1.807, 2.05) is 6.92 Å². The minimum absolute atomic E-state index is 0. The molecule has 2 aliphatic carbocycles. The van der Waals surface area contributed by atoms with Crippen LogP contribution in [0.15, 0.2) is 22.7 Å².